The molecule has 0 bridgehead atoms. The number of aliphatic carboxylic acids is 1. The fourth-order valence-electron chi connectivity index (χ4n) is 1.39. The van der Waals surface area contributed by atoms with E-state index in [-0.39, 0.29) is 33.8 Å². The molecule has 8 heteroatoms. The van der Waals surface area contributed by atoms with Gasteiger partial charge in [0.1, 0.15) is 5.75 Å². The maximum Gasteiger partial charge on any atom is 0.305 e. The zero-order chi connectivity index (χ0) is 15.3. The molecule has 20 heavy (non-hydrogen) atoms. The molecule has 0 saturated carbocycles. The van der Waals surface area contributed by atoms with E-state index in [1.165, 1.54) is 12.1 Å². The number of benzene rings is 1. The van der Waals surface area contributed by atoms with Crippen molar-refractivity contribution in [3.63, 3.8) is 0 Å². The molecule has 1 amide bonds. The molecule has 0 aromatic heterocycles. The van der Waals surface area contributed by atoms with E-state index < -0.39 is 17.9 Å². The molecule has 0 saturated heterocycles. The van der Waals surface area contributed by atoms with E-state index in [2.05, 4.69) is 5.32 Å². The van der Waals surface area contributed by atoms with E-state index in [0.717, 1.165) is 0 Å². The van der Waals surface area contributed by atoms with Crippen molar-refractivity contribution in [1.82, 2.24) is 5.32 Å². The minimum absolute atomic E-state index is 0.167. The first-order valence-electron chi connectivity index (χ1n) is 5.58. The molecule has 0 aliphatic rings. The molecule has 0 aliphatic carbocycles. The second kappa shape index (κ2) is 7.57. The summed E-state index contributed by atoms with van der Waals surface area (Å²) in [6.45, 7) is 1.28. The van der Waals surface area contributed by atoms with Gasteiger partial charge in [-0.3, -0.25) is 9.59 Å². The number of amides is 1. The van der Waals surface area contributed by atoms with Gasteiger partial charge in [-0.15, -0.1) is 0 Å². The zero-order valence-electron chi connectivity index (χ0n) is 10.5. The fraction of sp³-hybridized carbons (Fsp3) is 0.333. The molecule has 0 spiro atoms. The number of nitrogens with one attached hydrogen (secondary N) is 1. The van der Waals surface area contributed by atoms with E-state index in [0.29, 0.717) is 0 Å². The average molecular weight is 341 g/mol. The summed E-state index contributed by atoms with van der Waals surface area (Å²) >= 11 is 17.4. The number of hydrogen-bond donors (Lipinski definition) is 2. The van der Waals surface area contributed by atoms with Gasteiger partial charge in [-0.25, -0.2) is 0 Å². The van der Waals surface area contributed by atoms with Gasteiger partial charge in [0.05, 0.1) is 21.5 Å². The van der Waals surface area contributed by atoms with Crippen LogP contribution >= 0.6 is 34.8 Å². The minimum atomic E-state index is -0.994. The highest BCUT2D eigenvalue weighted by Gasteiger charge is 2.13. The summed E-state index contributed by atoms with van der Waals surface area (Å²) in [5, 5.41) is 11.8. The zero-order valence-corrected chi connectivity index (χ0v) is 12.7. The van der Waals surface area contributed by atoms with Crippen molar-refractivity contribution in [2.45, 2.75) is 19.4 Å². The fourth-order valence-corrected chi connectivity index (χ4v) is 1.98. The Morgan fingerprint density at radius 3 is 2.45 bits per heavy atom. The van der Waals surface area contributed by atoms with Crippen LogP contribution in [-0.2, 0) is 9.59 Å². The van der Waals surface area contributed by atoms with Crippen molar-refractivity contribution in [3.8, 4) is 5.75 Å². The van der Waals surface area contributed by atoms with E-state index >= 15 is 0 Å². The summed E-state index contributed by atoms with van der Waals surface area (Å²) in [7, 11) is 0. The highest BCUT2D eigenvalue weighted by atomic mass is 35.5. The summed E-state index contributed by atoms with van der Waals surface area (Å²) < 4.78 is 5.21. The van der Waals surface area contributed by atoms with Gasteiger partial charge < -0.3 is 15.2 Å². The summed E-state index contributed by atoms with van der Waals surface area (Å²) in [5.74, 6) is -1.23. The van der Waals surface area contributed by atoms with Gasteiger partial charge in [-0.2, -0.15) is 0 Å². The van der Waals surface area contributed by atoms with Crippen molar-refractivity contribution in [2.24, 2.45) is 0 Å². The summed E-state index contributed by atoms with van der Waals surface area (Å²) in [5.41, 5.74) is 0. The summed E-state index contributed by atoms with van der Waals surface area (Å²) in [4.78, 5) is 22.0. The first-order chi connectivity index (χ1) is 9.29. The minimum Gasteiger partial charge on any atom is -0.482 e. The van der Waals surface area contributed by atoms with Crippen molar-refractivity contribution in [2.75, 3.05) is 6.61 Å². The Morgan fingerprint density at radius 2 is 1.85 bits per heavy atom. The molecule has 1 unspecified atom stereocenters. The molecule has 1 atom stereocenters. The SMILES string of the molecule is CC(CC(=O)O)NC(=O)COc1cc(Cl)c(Cl)cc1Cl. The number of carbonyl (C=O) groups excluding carboxylic acids is 1. The second-order valence-electron chi connectivity index (χ2n) is 4.05. The predicted molar refractivity (Wildman–Crippen MR) is 76.8 cm³/mol. The summed E-state index contributed by atoms with van der Waals surface area (Å²) in [6, 6.07) is 2.32. The normalized spacial score (nSPS) is 11.8. The number of hydrogen-bond acceptors (Lipinski definition) is 3. The van der Waals surface area contributed by atoms with Crippen LogP contribution in [0.2, 0.25) is 15.1 Å². The van der Waals surface area contributed by atoms with Crippen LogP contribution in [0.5, 0.6) is 5.75 Å². The second-order valence-corrected chi connectivity index (χ2v) is 5.27. The van der Waals surface area contributed by atoms with Crippen LogP contribution in [0, 0.1) is 0 Å². The maximum absolute atomic E-state index is 11.5. The van der Waals surface area contributed by atoms with Gasteiger partial charge in [0.25, 0.3) is 5.91 Å². The van der Waals surface area contributed by atoms with E-state index in [1.807, 2.05) is 0 Å². The molecule has 5 nitrogen and oxygen atoms in total. The van der Waals surface area contributed by atoms with Crippen LogP contribution in [0.4, 0.5) is 0 Å². The van der Waals surface area contributed by atoms with Crippen molar-refractivity contribution < 1.29 is 19.4 Å². The largest absolute Gasteiger partial charge is 0.482 e. The third kappa shape index (κ3) is 5.45. The van der Waals surface area contributed by atoms with Crippen LogP contribution in [-0.4, -0.2) is 29.6 Å². The molecule has 2 N–H and O–H groups in total. The first kappa shape index (κ1) is 16.9. The Hall–Kier alpha value is -1.17. The lowest BCUT2D eigenvalue weighted by atomic mass is 10.2. The van der Waals surface area contributed by atoms with Crippen molar-refractivity contribution in [3.05, 3.63) is 27.2 Å². The van der Waals surface area contributed by atoms with Crippen molar-refractivity contribution in [1.29, 1.82) is 0 Å². The molecule has 0 aliphatic heterocycles. The Labute approximate surface area is 130 Å². The van der Waals surface area contributed by atoms with Gasteiger partial charge in [-0.1, -0.05) is 34.8 Å². The maximum atomic E-state index is 11.5. The first-order valence-corrected chi connectivity index (χ1v) is 6.71. The Bertz CT molecular complexity index is 522. The summed E-state index contributed by atoms with van der Waals surface area (Å²) in [6.07, 6.45) is -0.167. The molecule has 1 rings (SSSR count). The van der Waals surface area contributed by atoms with E-state index in [4.69, 9.17) is 44.6 Å². The lowest BCUT2D eigenvalue weighted by molar-refractivity contribution is -0.137. The van der Waals surface area contributed by atoms with Gasteiger partial charge in [-0.05, 0) is 13.0 Å². The number of carbonyl (C=O) groups is 2. The highest BCUT2D eigenvalue weighted by Crippen LogP contribution is 2.33. The van der Waals surface area contributed by atoms with E-state index in [1.54, 1.807) is 6.92 Å². The molecular formula is C12H12Cl3NO4. The van der Waals surface area contributed by atoms with Crippen LogP contribution in [0.1, 0.15) is 13.3 Å². The molecule has 1 aromatic rings. The van der Waals surface area contributed by atoms with Crippen LogP contribution in [0.25, 0.3) is 0 Å². The number of ether oxygens (including phenoxy) is 1. The number of rotatable bonds is 6. The quantitative estimate of drug-likeness (QED) is 0.781. The Balaban J connectivity index is 2.53. The van der Waals surface area contributed by atoms with Gasteiger partial charge in [0.15, 0.2) is 6.61 Å². The third-order valence-corrected chi connectivity index (χ3v) is 3.24. The number of carboxylic acid groups (broad SMARTS) is 1. The van der Waals surface area contributed by atoms with Gasteiger partial charge >= 0.3 is 5.97 Å². The third-order valence-electron chi connectivity index (χ3n) is 2.22. The number of halogens is 3. The smallest absolute Gasteiger partial charge is 0.305 e. The highest BCUT2D eigenvalue weighted by molar-refractivity contribution is 6.43. The molecule has 110 valence electrons. The molecule has 0 heterocycles. The monoisotopic (exact) mass is 339 g/mol. The van der Waals surface area contributed by atoms with Gasteiger partial charge in [0, 0.05) is 12.1 Å². The van der Waals surface area contributed by atoms with E-state index in [9.17, 15) is 9.59 Å². The Morgan fingerprint density at radius 1 is 1.25 bits per heavy atom. The Kier molecular flexibility index (Phi) is 6.39. The predicted octanol–water partition coefficient (Wildman–Crippen LogP) is 3.01. The lowest BCUT2D eigenvalue weighted by Crippen LogP contribution is -2.37. The molecule has 0 radical (unpaired) electrons. The molecule has 1 aromatic carbocycles. The topological polar surface area (TPSA) is 75.6 Å². The average Bonchev–Trinajstić information content (AvgIpc) is 2.30. The van der Waals surface area contributed by atoms with Crippen molar-refractivity contribution >= 4 is 46.7 Å². The standard InChI is InChI=1S/C12H12Cl3NO4/c1-6(2-12(18)19)16-11(17)5-20-10-4-8(14)7(13)3-9(10)15/h3-4,6H,2,5H2,1H3,(H,16,17)(H,18,19). The molecular weight excluding hydrogens is 328 g/mol. The van der Waals surface area contributed by atoms with Crippen LogP contribution < -0.4 is 10.1 Å². The molecule has 0 fully saturated rings. The van der Waals surface area contributed by atoms with Crippen LogP contribution in [0.15, 0.2) is 12.1 Å². The number of carboxylic acids is 1. The van der Waals surface area contributed by atoms with Crippen LogP contribution in [0.3, 0.4) is 0 Å². The van der Waals surface area contributed by atoms with Gasteiger partial charge in [0.2, 0.25) is 0 Å². The lowest BCUT2D eigenvalue weighted by Gasteiger charge is -2.13.